The van der Waals surface area contributed by atoms with Gasteiger partial charge in [-0.1, -0.05) is 0 Å². The molecule has 0 aliphatic carbocycles. The number of rotatable bonds is 9. The molecule has 5 nitrogen and oxygen atoms in total. The number of carbonyl (C=O) groups excluding carboxylic acids is 1. The van der Waals surface area contributed by atoms with E-state index in [1.165, 1.54) is 0 Å². The summed E-state index contributed by atoms with van der Waals surface area (Å²) < 4.78 is 11.0. The third-order valence-corrected chi connectivity index (χ3v) is 3.32. The van der Waals surface area contributed by atoms with Crippen LogP contribution in [0.1, 0.15) is 33.1 Å². The summed E-state index contributed by atoms with van der Waals surface area (Å²) >= 11 is 0. The van der Waals surface area contributed by atoms with Gasteiger partial charge in [0.15, 0.2) is 6.29 Å². The molecule has 0 aromatic rings. The molecule has 0 aromatic heterocycles. The maximum Gasteiger partial charge on any atom is 0.236 e. The fourth-order valence-corrected chi connectivity index (χ4v) is 2.29. The van der Waals surface area contributed by atoms with Gasteiger partial charge in [-0.3, -0.25) is 9.69 Å². The highest BCUT2D eigenvalue weighted by molar-refractivity contribution is 5.78. The summed E-state index contributed by atoms with van der Waals surface area (Å²) in [5.41, 5.74) is 0. The van der Waals surface area contributed by atoms with E-state index < -0.39 is 0 Å². The quantitative estimate of drug-likeness (QED) is 0.594. The molecule has 0 N–H and O–H groups in total. The van der Waals surface area contributed by atoms with Crippen LogP contribution in [0.2, 0.25) is 0 Å². The zero-order valence-electron chi connectivity index (χ0n) is 12.6. The molecule has 0 radical (unpaired) electrons. The normalized spacial score (nSPS) is 15.7. The van der Waals surface area contributed by atoms with Crippen molar-refractivity contribution in [3.63, 3.8) is 0 Å². The predicted octanol–water partition coefficient (Wildman–Crippen LogP) is 1.33. The Morgan fingerprint density at radius 2 is 1.79 bits per heavy atom. The van der Waals surface area contributed by atoms with E-state index >= 15 is 0 Å². The summed E-state index contributed by atoms with van der Waals surface area (Å²) in [6.07, 6.45) is 2.93. The fourth-order valence-electron chi connectivity index (χ4n) is 2.29. The Bertz CT molecular complexity index is 249. The van der Waals surface area contributed by atoms with E-state index in [-0.39, 0.29) is 12.2 Å². The second-order valence-corrected chi connectivity index (χ2v) is 4.95. The van der Waals surface area contributed by atoms with Crippen molar-refractivity contribution in [1.29, 1.82) is 0 Å². The molecule has 0 bridgehead atoms. The maximum atomic E-state index is 12.0. The number of likely N-dealkylation sites (tertiary alicyclic amines) is 1. The minimum absolute atomic E-state index is 0.153. The van der Waals surface area contributed by atoms with E-state index in [0.29, 0.717) is 19.8 Å². The summed E-state index contributed by atoms with van der Waals surface area (Å²) in [5, 5.41) is 0. The van der Waals surface area contributed by atoms with E-state index in [9.17, 15) is 4.79 Å². The number of amides is 1. The van der Waals surface area contributed by atoms with Gasteiger partial charge in [0.1, 0.15) is 0 Å². The van der Waals surface area contributed by atoms with E-state index in [0.717, 1.165) is 38.9 Å². The molecule has 0 atom stereocenters. The van der Waals surface area contributed by atoms with Crippen molar-refractivity contribution in [2.45, 2.75) is 39.4 Å². The number of hydrogen-bond donors (Lipinski definition) is 0. The van der Waals surface area contributed by atoms with Crippen LogP contribution in [-0.4, -0.2) is 68.4 Å². The lowest BCUT2D eigenvalue weighted by Gasteiger charge is -2.23. The minimum Gasteiger partial charge on any atom is -0.353 e. The predicted molar refractivity (Wildman–Crippen MR) is 75.0 cm³/mol. The zero-order chi connectivity index (χ0) is 14.1. The van der Waals surface area contributed by atoms with E-state index in [4.69, 9.17) is 9.47 Å². The molecule has 19 heavy (non-hydrogen) atoms. The Morgan fingerprint density at radius 1 is 1.21 bits per heavy atom. The van der Waals surface area contributed by atoms with Crippen molar-refractivity contribution in [2.75, 3.05) is 46.4 Å². The van der Waals surface area contributed by atoms with E-state index in [1.807, 2.05) is 30.7 Å². The summed E-state index contributed by atoms with van der Waals surface area (Å²) in [4.78, 5) is 16.0. The molecule has 1 heterocycles. The van der Waals surface area contributed by atoms with Crippen LogP contribution in [0.25, 0.3) is 0 Å². The first-order valence-electron chi connectivity index (χ1n) is 7.36. The first kappa shape index (κ1) is 16.4. The first-order valence-corrected chi connectivity index (χ1v) is 7.36. The molecule has 1 aliphatic heterocycles. The lowest BCUT2D eigenvalue weighted by atomic mass is 10.3. The first-order chi connectivity index (χ1) is 9.17. The molecule has 1 saturated heterocycles. The van der Waals surface area contributed by atoms with Crippen LogP contribution in [-0.2, 0) is 14.3 Å². The molecule has 0 aromatic carbocycles. The average Bonchev–Trinajstić information content (AvgIpc) is 2.90. The molecule has 1 aliphatic rings. The number of nitrogens with zero attached hydrogens (tertiary/aromatic N) is 2. The summed E-state index contributed by atoms with van der Waals surface area (Å²) in [7, 11) is 1.98. The third-order valence-electron chi connectivity index (χ3n) is 3.32. The smallest absolute Gasteiger partial charge is 0.236 e. The molecular formula is C14H28N2O3. The lowest BCUT2D eigenvalue weighted by Crippen LogP contribution is -2.38. The molecule has 5 heteroatoms. The van der Waals surface area contributed by atoms with Crippen molar-refractivity contribution in [3.8, 4) is 0 Å². The van der Waals surface area contributed by atoms with Gasteiger partial charge in [-0.2, -0.15) is 0 Å². The fraction of sp³-hybridized carbons (Fsp3) is 0.929. The Labute approximate surface area is 116 Å². The van der Waals surface area contributed by atoms with Crippen LogP contribution in [0.3, 0.4) is 0 Å². The topological polar surface area (TPSA) is 42.0 Å². The van der Waals surface area contributed by atoms with Gasteiger partial charge in [0.05, 0.1) is 6.54 Å². The van der Waals surface area contributed by atoms with Crippen molar-refractivity contribution in [2.24, 2.45) is 0 Å². The Hall–Kier alpha value is -0.650. The average molecular weight is 272 g/mol. The van der Waals surface area contributed by atoms with Crippen molar-refractivity contribution in [1.82, 2.24) is 9.80 Å². The number of carbonyl (C=O) groups is 1. The van der Waals surface area contributed by atoms with Gasteiger partial charge >= 0.3 is 0 Å². The van der Waals surface area contributed by atoms with Crippen LogP contribution < -0.4 is 0 Å². The summed E-state index contributed by atoms with van der Waals surface area (Å²) in [6.45, 7) is 8.39. The SMILES string of the molecule is CCOC(CCN(C)CC(=O)N1CCCC1)OCC. The van der Waals surface area contributed by atoms with Crippen LogP contribution >= 0.6 is 0 Å². The van der Waals surface area contributed by atoms with Gasteiger partial charge in [0.2, 0.25) is 5.91 Å². The summed E-state index contributed by atoms with van der Waals surface area (Å²) in [6, 6.07) is 0. The van der Waals surface area contributed by atoms with E-state index in [1.54, 1.807) is 0 Å². The standard InChI is InChI=1S/C14H28N2O3/c1-4-18-14(19-5-2)8-11-15(3)12-13(17)16-9-6-7-10-16/h14H,4-12H2,1-3H3. The Morgan fingerprint density at radius 3 is 2.32 bits per heavy atom. The zero-order valence-corrected chi connectivity index (χ0v) is 12.6. The van der Waals surface area contributed by atoms with Gasteiger partial charge in [0, 0.05) is 39.3 Å². The number of ether oxygens (including phenoxy) is 2. The van der Waals surface area contributed by atoms with Crippen LogP contribution in [0.5, 0.6) is 0 Å². The maximum absolute atomic E-state index is 12.0. The largest absolute Gasteiger partial charge is 0.353 e. The van der Waals surface area contributed by atoms with Gasteiger partial charge in [0.25, 0.3) is 0 Å². The van der Waals surface area contributed by atoms with Crippen molar-refractivity contribution < 1.29 is 14.3 Å². The molecule has 0 spiro atoms. The molecule has 1 rings (SSSR count). The summed E-state index contributed by atoms with van der Waals surface area (Å²) in [5.74, 6) is 0.240. The second kappa shape index (κ2) is 9.28. The highest BCUT2D eigenvalue weighted by atomic mass is 16.7. The third kappa shape index (κ3) is 6.36. The Kier molecular flexibility index (Phi) is 8.02. The van der Waals surface area contributed by atoms with Crippen molar-refractivity contribution in [3.05, 3.63) is 0 Å². The van der Waals surface area contributed by atoms with Gasteiger partial charge in [-0.25, -0.2) is 0 Å². The highest BCUT2D eigenvalue weighted by Gasteiger charge is 2.19. The number of hydrogen-bond acceptors (Lipinski definition) is 4. The monoisotopic (exact) mass is 272 g/mol. The van der Waals surface area contributed by atoms with Crippen LogP contribution in [0.4, 0.5) is 0 Å². The van der Waals surface area contributed by atoms with Crippen LogP contribution in [0.15, 0.2) is 0 Å². The minimum atomic E-state index is -0.153. The van der Waals surface area contributed by atoms with E-state index in [2.05, 4.69) is 0 Å². The van der Waals surface area contributed by atoms with Crippen LogP contribution in [0, 0.1) is 0 Å². The molecule has 1 fully saturated rings. The highest BCUT2D eigenvalue weighted by Crippen LogP contribution is 2.08. The number of likely N-dealkylation sites (N-methyl/N-ethyl adjacent to an activating group) is 1. The molecule has 0 unspecified atom stereocenters. The second-order valence-electron chi connectivity index (χ2n) is 4.95. The Balaban J connectivity index is 2.21. The van der Waals surface area contributed by atoms with Gasteiger partial charge in [-0.05, 0) is 33.7 Å². The van der Waals surface area contributed by atoms with Gasteiger partial charge < -0.3 is 14.4 Å². The molecular weight excluding hydrogens is 244 g/mol. The van der Waals surface area contributed by atoms with Gasteiger partial charge in [-0.15, -0.1) is 0 Å². The molecule has 112 valence electrons. The molecule has 0 saturated carbocycles. The molecule has 1 amide bonds. The van der Waals surface area contributed by atoms with Crippen molar-refractivity contribution >= 4 is 5.91 Å². The lowest BCUT2D eigenvalue weighted by molar-refractivity contribution is -0.143.